The van der Waals surface area contributed by atoms with E-state index in [-0.39, 0.29) is 5.92 Å². The van der Waals surface area contributed by atoms with E-state index in [9.17, 15) is 15.0 Å². The molecule has 3 nitrogen and oxygen atoms in total. The number of carboxylic acid groups (broad SMARTS) is 1. The van der Waals surface area contributed by atoms with E-state index >= 15 is 0 Å². The van der Waals surface area contributed by atoms with Crippen LogP contribution in [0.5, 0.6) is 0 Å². The molecule has 1 saturated carbocycles. The van der Waals surface area contributed by atoms with Crippen LogP contribution in [0.2, 0.25) is 0 Å². The van der Waals surface area contributed by atoms with Gasteiger partial charge in [-0.1, -0.05) is 39.5 Å². The monoisotopic (exact) mass is 214 g/mol. The minimum atomic E-state index is -0.976. The first-order chi connectivity index (χ1) is 6.97. The average Bonchev–Trinajstić information content (AvgIpc) is 2.28. The van der Waals surface area contributed by atoms with Crippen LogP contribution in [0.3, 0.4) is 0 Å². The summed E-state index contributed by atoms with van der Waals surface area (Å²) in [5.41, 5.74) is -0.976. The van der Waals surface area contributed by atoms with Gasteiger partial charge in [-0.15, -0.1) is 0 Å². The first-order valence-corrected chi connectivity index (χ1v) is 5.92. The molecule has 0 heterocycles. The predicted octanol–water partition coefficient (Wildman–Crippen LogP) is 2.43. The van der Waals surface area contributed by atoms with Crippen LogP contribution >= 0.6 is 0 Å². The summed E-state index contributed by atoms with van der Waals surface area (Å²) in [5, 5.41) is 19.7. The zero-order valence-corrected chi connectivity index (χ0v) is 9.70. The van der Waals surface area contributed by atoms with Gasteiger partial charge in [-0.05, 0) is 18.8 Å². The molecule has 1 aliphatic carbocycles. The number of hydrogen-bond donors (Lipinski definition) is 2. The highest BCUT2D eigenvalue weighted by molar-refractivity contribution is 5.71. The van der Waals surface area contributed by atoms with Crippen LogP contribution in [0, 0.1) is 11.8 Å². The van der Waals surface area contributed by atoms with Crippen LogP contribution in [0.1, 0.15) is 52.4 Å². The number of hydrogen-bond acceptors (Lipinski definition) is 2. The number of rotatable bonds is 3. The molecule has 1 rings (SSSR count). The van der Waals surface area contributed by atoms with Gasteiger partial charge >= 0.3 is 5.97 Å². The molecule has 0 aromatic carbocycles. The molecule has 15 heavy (non-hydrogen) atoms. The Morgan fingerprint density at radius 2 is 1.60 bits per heavy atom. The molecule has 0 spiro atoms. The topological polar surface area (TPSA) is 57.5 Å². The third-order valence-corrected chi connectivity index (χ3v) is 3.48. The highest BCUT2D eigenvalue weighted by Gasteiger charge is 2.43. The van der Waals surface area contributed by atoms with E-state index in [1.54, 1.807) is 0 Å². The third-order valence-electron chi connectivity index (χ3n) is 3.48. The van der Waals surface area contributed by atoms with E-state index in [1.807, 2.05) is 13.8 Å². The maximum atomic E-state index is 11.2. The van der Waals surface area contributed by atoms with Gasteiger partial charge in [0.25, 0.3) is 0 Å². The SMILES string of the molecule is CC(C)C(C(=O)O)C1(O)CCCCCC1. The largest absolute Gasteiger partial charge is 0.481 e. The quantitative estimate of drug-likeness (QED) is 0.709. The lowest BCUT2D eigenvalue weighted by molar-refractivity contribution is -0.157. The molecule has 2 N–H and O–H groups in total. The molecule has 3 heteroatoms. The smallest absolute Gasteiger partial charge is 0.309 e. The minimum Gasteiger partial charge on any atom is -0.481 e. The van der Waals surface area contributed by atoms with Crippen LogP contribution in [-0.4, -0.2) is 21.8 Å². The van der Waals surface area contributed by atoms with Crippen molar-refractivity contribution in [1.82, 2.24) is 0 Å². The van der Waals surface area contributed by atoms with Crippen molar-refractivity contribution in [2.75, 3.05) is 0 Å². The fourth-order valence-corrected chi connectivity index (χ4v) is 2.79. The van der Waals surface area contributed by atoms with Gasteiger partial charge in [-0.25, -0.2) is 0 Å². The number of carbonyl (C=O) groups is 1. The maximum Gasteiger partial charge on any atom is 0.309 e. The summed E-state index contributed by atoms with van der Waals surface area (Å²) in [6.07, 6.45) is 5.42. The van der Waals surface area contributed by atoms with Crippen molar-refractivity contribution < 1.29 is 15.0 Å². The van der Waals surface area contributed by atoms with E-state index in [0.717, 1.165) is 25.7 Å². The second kappa shape index (κ2) is 4.97. The third kappa shape index (κ3) is 2.94. The number of carboxylic acids is 1. The van der Waals surface area contributed by atoms with Gasteiger partial charge in [0.15, 0.2) is 0 Å². The van der Waals surface area contributed by atoms with Crippen molar-refractivity contribution in [3.05, 3.63) is 0 Å². The van der Waals surface area contributed by atoms with Crippen LogP contribution < -0.4 is 0 Å². The lowest BCUT2D eigenvalue weighted by Gasteiger charge is -2.35. The molecule has 88 valence electrons. The summed E-state index contributed by atoms with van der Waals surface area (Å²) >= 11 is 0. The summed E-state index contributed by atoms with van der Waals surface area (Å²) in [6.45, 7) is 3.75. The van der Waals surface area contributed by atoms with Gasteiger partial charge in [-0.2, -0.15) is 0 Å². The normalized spacial score (nSPS) is 23.5. The van der Waals surface area contributed by atoms with Crippen molar-refractivity contribution in [1.29, 1.82) is 0 Å². The van der Waals surface area contributed by atoms with E-state index in [2.05, 4.69) is 0 Å². The molecule has 1 atom stereocenters. The van der Waals surface area contributed by atoms with Crippen molar-refractivity contribution >= 4 is 5.97 Å². The summed E-state index contributed by atoms with van der Waals surface area (Å²) in [5.74, 6) is -1.48. The van der Waals surface area contributed by atoms with Crippen molar-refractivity contribution in [3.8, 4) is 0 Å². The van der Waals surface area contributed by atoms with E-state index < -0.39 is 17.5 Å². The Morgan fingerprint density at radius 1 is 1.13 bits per heavy atom. The fourth-order valence-electron chi connectivity index (χ4n) is 2.79. The van der Waals surface area contributed by atoms with Crippen LogP contribution in [0.25, 0.3) is 0 Å². The molecule has 0 aromatic rings. The molecular formula is C12H22O3. The van der Waals surface area contributed by atoms with Crippen molar-refractivity contribution in [2.24, 2.45) is 11.8 Å². The fraction of sp³-hybridized carbons (Fsp3) is 0.917. The standard InChI is InChI=1S/C12H22O3/c1-9(2)10(11(13)14)12(15)7-5-3-4-6-8-12/h9-10,15H,3-8H2,1-2H3,(H,13,14). The Balaban J connectivity index is 2.82. The molecule has 0 amide bonds. The minimum absolute atomic E-state index is 0.00870. The highest BCUT2D eigenvalue weighted by atomic mass is 16.4. The zero-order valence-electron chi connectivity index (χ0n) is 9.70. The second-order valence-electron chi connectivity index (χ2n) is 5.08. The van der Waals surface area contributed by atoms with Gasteiger partial charge in [0.2, 0.25) is 0 Å². The van der Waals surface area contributed by atoms with Gasteiger partial charge < -0.3 is 10.2 Å². The lowest BCUT2D eigenvalue weighted by Crippen LogP contribution is -2.44. The molecule has 0 aliphatic heterocycles. The molecule has 0 aromatic heterocycles. The van der Waals surface area contributed by atoms with Gasteiger partial charge in [0.1, 0.15) is 0 Å². The van der Waals surface area contributed by atoms with Crippen molar-refractivity contribution in [3.63, 3.8) is 0 Å². The second-order valence-corrected chi connectivity index (χ2v) is 5.08. The Hall–Kier alpha value is -0.570. The van der Waals surface area contributed by atoms with Crippen LogP contribution in [0.15, 0.2) is 0 Å². The molecule has 0 radical (unpaired) electrons. The lowest BCUT2D eigenvalue weighted by atomic mass is 9.75. The number of aliphatic carboxylic acids is 1. The summed E-state index contributed by atoms with van der Waals surface area (Å²) < 4.78 is 0. The van der Waals surface area contributed by atoms with Crippen LogP contribution in [0.4, 0.5) is 0 Å². The Morgan fingerprint density at radius 3 is 1.93 bits per heavy atom. The molecule has 1 aliphatic rings. The van der Waals surface area contributed by atoms with Crippen molar-refractivity contribution in [2.45, 2.75) is 58.0 Å². The van der Waals surface area contributed by atoms with Gasteiger partial charge in [-0.3, -0.25) is 4.79 Å². The Bertz CT molecular complexity index is 215. The maximum absolute atomic E-state index is 11.2. The molecule has 1 unspecified atom stereocenters. The van der Waals surface area contributed by atoms with Gasteiger partial charge in [0.05, 0.1) is 11.5 Å². The zero-order chi connectivity index (χ0) is 11.5. The molecule has 0 saturated heterocycles. The van der Waals surface area contributed by atoms with E-state index in [0.29, 0.717) is 12.8 Å². The summed E-state index contributed by atoms with van der Waals surface area (Å²) in [4.78, 5) is 11.2. The van der Waals surface area contributed by atoms with E-state index in [4.69, 9.17) is 0 Å². The predicted molar refractivity (Wildman–Crippen MR) is 58.6 cm³/mol. The Kier molecular flexibility index (Phi) is 4.14. The molecule has 0 bridgehead atoms. The van der Waals surface area contributed by atoms with Gasteiger partial charge in [0, 0.05) is 0 Å². The van der Waals surface area contributed by atoms with Crippen LogP contribution in [-0.2, 0) is 4.79 Å². The highest BCUT2D eigenvalue weighted by Crippen LogP contribution is 2.37. The molecular weight excluding hydrogens is 192 g/mol. The van der Waals surface area contributed by atoms with E-state index in [1.165, 1.54) is 0 Å². The summed E-state index contributed by atoms with van der Waals surface area (Å²) in [6, 6.07) is 0. The summed E-state index contributed by atoms with van der Waals surface area (Å²) in [7, 11) is 0. The molecule has 1 fully saturated rings. The first-order valence-electron chi connectivity index (χ1n) is 5.92. The average molecular weight is 214 g/mol. The Labute approximate surface area is 91.5 Å². The number of aliphatic hydroxyl groups is 1. The first kappa shape index (κ1) is 12.5.